The van der Waals surface area contributed by atoms with Gasteiger partial charge in [-0.15, -0.1) is 24.8 Å². The summed E-state index contributed by atoms with van der Waals surface area (Å²) in [6.07, 6.45) is 3.37. The Morgan fingerprint density at radius 2 is 1.75 bits per heavy atom. The zero-order valence-electron chi connectivity index (χ0n) is 13.3. The normalized spacial score (nSPS) is 22.9. The summed E-state index contributed by atoms with van der Waals surface area (Å²) < 4.78 is 3.49. The molecule has 0 radical (unpaired) electrons. The van der Waals surface area contributed by atoms with Crippen LogP contribution < -0.4 is 16.9 Å². The Morgan fingerprint density at radius 3 is 2.46 bits per heavy atom. The second-order valence-electron chi connectivity index (χ2n) is 6.31. The van der Waals surface area contributed by atoms with Gasteiger partial charge >= 0.3 is 0 Å². The summed E-state index contributed by atoms with van der Waals surface area (Å²) in [6.45, 7) is 2.24. The van der Waals surface area contributed by atoms with Crippen molar-refractivity contribution < 1.29 is 0 Å². The molecule has 2 aliphatic heterocycles. The average molecular weight is 373 g/mol. The van der Waals surface area contributed by atoms with E-state index in [1.54, 1.807) is 33.4 Å². The molecule has 132 valence electrons. The van der Waals surface area contributed by atoms with Gasteiger partial charge in [0.1, 0.15) is 5.65 Å². The summed E-state index contributed by atoms with van der Waals surface area (Å²) in [7, 11) is 0. The number of rotatable bonds is 2. The van der Waals surface area contributed by atoms with E-state index in [1.165, 1.54) is 0 Å². The van der Waals surface area contributed by atoms with Gasteiger partial charge in [0.25, 0.3) is 11.1 Å². The molecule has 2 atom stereocenters. The molecule has 24 heavy (non-hydrogen) atoms. The van der Waals surface area contributed by atoms with E-state index in [0.717, 1.165) is 43.4 Å². The Bertz CT molecular complexity index is 843. The molecule has 0 aliphatic carbocycles. The Morgan fingerprint density at radius 1 is 1.04 bits per heavy atom. The minimum Gasteiger partial charge on any atom is -0.316 e. The number of hydrogen-bond acceptors (Lipinski definition) is 4. The SMILES string of the molecule is Cl.Cl.NC1CCCCN1C[C@@H]1Cn2c(=O)ccc3ccc(=O)n1c32. The number of halogens is 2. The van der Waals surface area contributed by atoms with E-state index in [4.69, 9.17) is 5.73 Å². The molecule has 4 heterocycles. The number of piperidine rings is 1. The Labute approximate surface area is 152 Å². The van der Waals surface area contributed by atoms with Crippen molar-refractivity contribution in [2.24, 2.45) is 5.73 Å². The lowest BCUT2D eigenvalue weighted by molar-refractivity contribution is 0.129. The van der Waals surface area contributed by atoms with Crippen LogP contribution in [0.15, 0.2) is 33.9 Å². The van der Waals surface area contributed by atoms with Crippen molar-refractivity contribution in [1.29, 1.82) is 0 Å². The molecule has 8 heteroatoms. The highest BCUT2D eigenvalue weighted by molar-refractivity contribution is 5.85. The first-order valence-electron chi connectivity index (χ1n) is 7.90. The molecular weight excluding hydrogens is 351 g/mol. The molecule has 2 aliphatic rings. The second kappa shape index (κ2) is 7.27. The summed E-state index contributed by atoms with van der Waals surface area (Å²) in [5, 5.41) is 0.935. The standard InChI is InChI=1S/C16H20N4O2.2ClH/c17-13-3-1-2-8-18(13)9-12-10-19-14(21)6-4-11-5-7-15(22)20(12)16(11)19;;/h4-7,12-13H,1-3,8-10,17H2;2*1H/t12-,13?;;/m1../s1. The molecule has 0 bridgehead atoms. The van der Waals surface area contributed by atoms with Crippen LogP contribution in [0.2, 0.25) is 0 Å². The van der Waals surface area contributed by atoms with Gasteiger partial charge in [0, 0.05) is 30.6 Å². The molecule has 2 aromatic rings. The van der Waals surface area contributed by atoms with E-state index >= 15 is 0 Å². The maximum atomic E-state index is 12.3. The first kappa shape index (κ1) is 19.0. The molecule has 1 fully saturated rings. The van der Waals surface area contributed by atoms with Crippen LogP contribution in [0.4, 0.5) is 0 Å². The van der Waals surface area contributed by atoms with Gasteiger partial charge in [-0.05, 0) is 37.9 Å². The van der Waals surface area contributed by atoms with Crippen molar-refractivity contribution in [1.82, 2.24) is 14.0 Å². The third kappa shape index (κ3) is 2.99. The summed E-state index contributed by atoms with van der Waals surface area (Å²) in [6, 6.07) is 6.73. The van der Waals surface area contributed by atoms with E-state index in [9.17, 15) is 9.59 Å². The Hall–Kier alpha value is -1.34. The Balaban J connectivity index is 0.00000104. The maximum Gasteiger partial charge on any atom is 0.252 e. The molecule has 6 nitrogen and oxygen atoms in total. The van der Waals surface area contributed by atoms with Gasteiger partial charge in [-0.2, -0.15) is 0 Å². The molecular formula is C16H22Cl2N4O2. The number of aromatic nitrogens is 2. The molecule has 2 aromatic heterocycles. The van der Waals surface area contributed by atoms with Crippen LogP contribution in [0.1, 0.15) is 25.3 Å². The molecule has 4 rings (SSSR count). The summed E-state index contributed by atoms with van der Waals surface area (Å²) in [5.74, 6) is 0. The average Bonchev–Trinajstić information content (AvgIpc) is 2.89. The van der Waals surface area contributed by atoms with Crippen LogP contribution in [0.25, 0.3) is 11.0 Å². The second-order valence-corrected chi connectivity index (χ2v) is 6.31. The zero-order chi connectivity index (χ0) is 15.3. The molecule has 0 saturated carbocycles. The third-order valence-electron chi connectivity index (χ3n) is 4.92. The van der Waals surface area contributed by atoms with E-state index in [2.05, 4.69) is 4.90 Å². The summed E-state index contributed by atoms with van der Waals surface area (Å²) in [4.78, 5) is 26.7. The van der Waals surface area contributed by atoms with Crippen molar-refractivity contribution in [2.45, 2.75) is 38.0 Å². The topological polar surface area (TPSA) is 73.3 Å². The van der Waals surface area contributed by atoms with Gasteiger partial charge in [-0.3, -0.25) is 23.6 Å². The largest absolute Gasteiger partial charge is 0.316 e. The number of hydrogen-bond donors (Lipinski definition) is 1. The van der Waals surface area contributed by atoms with Gasteiger partial charge in [0.15, 0.2) is 0 Å². The predicted molar refractivity (Wildman–Crippen MR) is 99.4 cm³/mol. The van der Waals surface area contributed by atoms with E-state index in [-0.39, 0.29) is 48.1 Å². The van der Waals surface area contributed by atoms with Gasteiger partial charge in [0.2, 0.25) is 0 Å². The number of likely N-dealkylation sites (tertiary alicyclic amines) is 1. The smallest absolute Gasteiger partial charge is 0.252 e. The van der Waals surface area contributed by atoms with Crippen LogP contribution in [0.3, 0.4) is 0 Å². The highest BCUT2D eigenvalue weighted by atomic mass is 35.5. The molecule has 1 unspecified atom stereocenters. The minimum atomic E-state index is -0.0442. The molecule has 0 spiro atoms. The minimum absolute atomic E-state index is 0. The lowest BCUT2D eigenvalue weighted by atomic mass is 10.1. The third-order valence-corrected chi connectivity index (χ3v) is 4.92. The summed E-state index contributed by atoms with van der Waals surface area (Å²) >= 11 is 0. The highest BCUT2D eigenvalue weighted by Crippen LogP contribution is 2.25. The fraction of sp³-hybridized carbons (Fsp3) is 0.500. The lowest BCUT2D eigenvalue weighted by Crippen LogP contribution is -2.48. The van der Waals surface area contributed by atoms with Gasteiger partial charge in [0.05, 0.1) is 12.2 Å². The van der Waals surface area contributed by atoms with E-state index in [1.807, 2.05) is 0 Å². The Kier molecular flexibility index (Phi) is 5.75. The van der Waals surface area contributed by atoms with Crippen molar-refractivity contribution in [3.8, 4) is 0 Å². The molecule has 0 aromatic carbocycles. The molecule has 1 saturated heterocycles. The molecule has 0 amide bonds. The van der Waals surface area contributed by atoms with Crippen molar-refractivity contribution >= 4 is 35.8 Å². The monoisotopic (exact) mass is 372 g/mol. The summed E-state index contributed by atoms with van der Waals surface area (Å²) in [5.41, 5.74) is 6.86. The van der Waals surface area contributed by atoms with Crippen LogP contribution in [0.5, 0.6) is 0 Å². The van der Waals surface area contributed by atoms with Gasteiger partial charge < -0.3 is 5.73 Å². The van der Waals surface area contributed by atoms with Crippen molar-refractivity contribution in [2.75, 3.05) is 13.1 Å². The van der Waals surface area contributed by atoms with Crippen LogP contribution >= 0.6 is 24.8 Å². The van der Waals surface area contributed by atoms with Crippen molar-refractivity contribution in [3.63, 3.8) is 0 Å². The number of nitrogens with zero attached hydrogens (tertiary/aromatic N) is 3. The fourth-order valence-electron chi connectivity index (χ4n) is 3.81. The molecule has 2 N–H and O–H groups in total. The van der Waals surface area contributed by atoms with Crippen LogP contribution in [0, 0.1) is 0 Å². The van der Waals surface area contributed by atoms with E-state index in [0.29, 0.717) is 6.54 Å². The lowest BCUT2D eigenvalue weighted by Gasteiger charge is -2.34. The zero-order valence-corrected chi connectivity index (χ0v) is 14.9. The number of pyridine rings is 2. The van der Waals surface area contributed by atoms with Gasteiger partial charge in [-0.25, -0.2) is 0 Å². The first-order valence-corrected chi connectivity index (χ1v) is 7.90. The van der Waals surface area contributed by atoms with Gasteiger partial charge in [-0.1, -0.05) is 0 Å². The number of nitrogens with two attached hydrogens (primary N) is 1. The van der Waals surface area contributed by atoms with Crippen LogP contribution in [-0.2, 0) is 6.54 Å². The predicted octanol–water partition coefficient (Wildman–Crippen LogP) is 1.33. The first-order chi connectivity index (χ1) is 10.6. The maximum absolute atomic E-state index is 12.3. The van der Waals surface area contributed by atoms with Crippen LogP contribution in [-0.4, -0.2) is 33.3 Å². The quantitative estimate of drug-likeness (QED) is 0.862. The fourth-order valence-corrected chi connectivity index (χ4v) is 3.81. The highest BCUT2D eigenvalue weighted by Gasteiger charge is 2.29. The van der Waals surface area contributed by atoms with E-state index < -0.39 is 0 Å². The van der Waals surface area contributed by atoms with Crippen molar-refractivity contribution in [3.05, 3.63) is 45.0 Å².